The Morgan fingerprint density at radius 1 is 0.926 bits per heavy atom. The molecule has 0 radical (unpaired) electrons. The van der Waals surface area contributed by atoms with Crippen LogP contribution in [0.15, 0.2) is 76.3 Å². The van der Waals surface area contributed by atoms with E-state index in [1.54, 1.807) is 17.9 Å². The molecular weight excluding hydrogens is 726 g/mol. The molecule has 2 fully saturated rings. The van der Waals surface area contributed by atoms with Gasteiger partial charge in [0.1, 0.15) is 17.1 Å². The van der Waals surface area contributed by atoms with E-state index in [4.69, 9.17) is 9.94 Å². The molecule has 11 nitrogen and oxygen atoms in total. The van der Waals surface area contributed by atoms with Crippen molar-refractivity contribution in [2.75, 3.05) is 45.8 Å². The molecule has 1 spiro atoms. The maximum absolute atomic E-state index is 13.2. The number of halogens is 3. The normalized spacial score (nSPS) is 18.1. The lowest BCUT2D eigenvalue weighted by molar-refractivity contribution is -0.274. The zero-order valence-electron chi connectivity index (χ0n) is 31.2. The van der Waals surface area contributed by atoms with Crippen molar-refractivity contribution in [3.63, 3.8) is 0 Å². The van der Waals surface area contributed by atoms with Gasteiger partial charge in [0.2, 0.25) is 10.0 Å². The summed E-state index contributed by atoms with van der Waals surface area (Å²) in [4.78, 5) is 33.5. The highest BCUT2D eigenvalue weighted by Gasteiger charge is 2.46. The van der Waals surface area contributed by atoms with Gasteiger partial charge in [-0.15, -0.1) is 13.2 Å². The van der Waals surface area contributed by atoms with Crippen LogP contribution in [0.1, 0.15) is 83.6 Å². The highest BCUT2D eigenvalue weighted by molar-refractivity contribution is 7.89. The Morgan fingerprint density at radius 3 is 2.17 bits per heavy atom. The monoisotopic (exact) mass is 778 g/mol. The smallest absolute Gasteiger partial charge is 0.478 e. The third-order valence-electron chi connectivity index (χ3n) is 10.0. The van der Waals surface area contributed by atoms with Gasteiger partial charge in [-0.3, -0.25) is 9.69 Å². The molecule has 3 aliphatic heterocycles. The van der Waals surface area contributed by atoms with Gasteiger partial charge in [0, 0.05) is 64.1 Å². The Balaban J connectivity index is 0.000000428. The van der Waals surface area contributed by atoms with Crippen LogP contribution >= 0.6 is 0 Å². The molecule has 1 amide bonds. The predicted molar refractivity (Wildman–Crippen MR) is 200 cm³/mol. The molecule has 3 aliphatic rings. The number of sulfonamides is 1. The lowest BCUT2D eigenvalue weighted by Crippen LogP contribution is -2.51. The minimum absolute atomic E-state index is 0.123. The van der Waals surface area contributed by atoms with E-state index in [1.807, 2.05) is 18.2 Å². The number of amides is 1. The average molecular weight is 779 g/mol. The molecule has 1 N–H and O–H groups in total. The van der Waals surface area contributed by atoms with E-state index in [0.717, 1.165) is 76.0 Å². The second-order valence-corrected chi connectivity index (χ2v) is 15.9. The Morgan fingerprint density at radius 2 is 1.57 bits per heavy atom. The molecule has 5 rings (SSSR count). The minimum atomic E-state index is -4.86. The summed E-state index contributed by atoms with van der Waals surface area (Å²) in [6.45, 7) is 8.07. The van der Waals surface area contributed by atoms with Crippen LogP contribution in [0.2, 0.25) is 0 Å². The second kappa shape index (κ2) is 20.1. The quantitative estimate of drug-likeness (QED) is 0.151. The van der Waals surface area contributed by atoms with Gasteiger partial charge in [0.25, 0.3) is 5.91 Å². The van der Waals surface area contributed by atoms with Gasteiger partial charge < -0.3 is 19.6 Å². The summed E-state index contributed by atoms with van der Waals surface area (Å²) in [5.41, 5.74) is 1.50. The fraction of sp³-hybridized carbons (Fsp3) is 0.564. The number of aryl methyl sites for hydroxylation is 1. The maximum atomic E-state index is 13.2. The number of oxime groups is 1. The van der Waals surface area contributed by atoms with Crippen molar-refractivity contribution in [2.45, 2.75) is 101 Å². The van der Waals surface area contributed by atoms with Crippen LogP contribution in [0.25, 0.3) is 0 Å². The van der Waals surface area contributed by atoms with Crippen LogP contribution in [0.5, 0.6) is 5.75 Å². The van der Waals surface area contributed by atoms with Crippen molar-refractivity contribution >= 4 is 27.6 Å². The number of carboxylic acids is 1. The van der Waals surface area contributed by atoms with E-state index in [9.17, 15) is 31.2 Å². The van der Waals surface area contributed by atoms with Gasteiger partial charge in [-0.05, 0) is 69.0 Å². The molecule has 0 atom stereocenters. The molecule has 54 heavy (non-hydrogen) atoms. The molecule has 0 aliphatic carbocycles. The Bertz CT molecular complexity index is 1670. The van der Waals surface area contributed by atoms with Gasteiger partial charge in [-0.2, -0.15) is 4.31 Å². The van der Waals surface area contributed by atoms with E-state index < -0.39 is 33.7 Å². The zero-order valence-corrected chi connectivity index (χ0v) is 32.0. The second-order valence-electron chi connectivity index (χ2n) is 13.9. The van der Waals surface area contributed by atoms with Crippen molar-refractivity contribution in [3.8, 4) is 5.75 Å². The zero-order chi connectivity index (χ0) is 39.2. The van der Waals surface area contributed by atoms with Crippen molar-refractivity contribution in [3.05, 3.63) is 71.8 Å². The minimum Gasteiger partial charge on any atom is -0.478 e. The number of carbonyl (C=O) groups excluding carboxylic acids is 1. The number of piperazine rings is 1. The molecule has 2 saturated heterocycles. The number of benzene rings is 2. The molecule has 0 bridgehead atoms. The van der Waals surface area contributed by atoms with Crippen molar-refractivity contribution in [1.82, 2.24) is 14.1 Å². The summed E-state index contributed by atoms with van der Waals surface area (Å²) >= 11 is 0. The van der Waals surface area contributed by atoms with Crippen LogP contribution in [0.4, 0.5) is 13.2 Å². The van der Waals surface area contributed by atoms with Gasteiger partial charge in [-0.25, -0.2) is 13.2 Å². The summed E-state index contributed by atoms with van der Waals surface area (Å²) in [7, 11) is -3.92. The summed E-state index contributed by atoms with van der Waals surface area (Å²) in [5, 5.41) is 12.8. The van der Waals surface area contributed by atoms with E-state index in [2.05, 4.69) is 33.8 Å². The largest absolute Gasteiger partial charge is 0.573 e. The summed E-state index contributed by atoms with van der Waals surface area (Å²) in [5.74, 6) is -1.40. The van der Waals surface area contributed by atoms with Crippen LogP contribution in [0.3, 0.4) is 0 Å². The Kier molecular flexibility index (Phi) is 15.9. The summed E-state index contributed by atoms with van der Waals surface area (Å²) < 4.78 is 68.4. The first-order valence-corrected chi connectivity index (χ1v) is 20.2. The van der Waals surface area contributed by atoms with E-state index in [1.165, 1.54) is 29.1 Å². The van der Waals surface area contributed by atoms with Gasteiger partial charge in [0.05, 0.1) is 4.90 Å². The SMILES string of the molecule is CC=C(CCCCCCC)C(=O)O.O=C(C1=NOC2(CCN(S(=O)(=O)c3ccc(OC(F)(F)F)cc3)CC2)C1)N1CCN(CCCc2ccccc2)CC1. The topological polar surface area (TPSA) is 129 Å². The highest BCUT2D eigenvalue weighted by Crippen LogP contribution is 2.37. The number of hydrogen-bond donors (Lipinski definition) is 1. The summed E-state index contributed by atoms with van der Waals surface area (Å²) in [6.07, 6.45) is 6.53. The predicted octanol–water partition coefficient (Wildman–Crippen LogP) is 7.04. The van der Waals surface area contributed by atoms with E-state index in [0.29, 0.717) is 43.6 Å². The fourth-order valence-corrected chi connectivity index (χ4v) is 8.24. The van der Waals surface area contributed by atoms with Gasteiger partial charge >= 0.3 is 12.3 Å². The summed E-state index contributed by atoms with van der Waals surface area (Å²) in [6, 6.07) is 14.5. The van der Waals surface area contributed by atoms with Crippen molar-refractivity contribution in [1.29, 1.82) is 0 Å². The van der Waals surface area contributed by atoms with Crippen LogP contribution in [-0.2, 0) is 30.9 Å². The van der Waals surface area contributed by atoms with Crippen LogP contribution in [0, 0.1) is 0 Å². The molecule has 2 aromatic rings. The number of allylic oxidation sites excluding steroid dienone is 1. The van der Waals surface area contributed by atoms with Gasteiger partial charge in [0.15, 0.2) is 0 Å². The first-order valence-electron chi connectivity index (χ1n) is 18.8. The van der Waals surface area contributed by atoms with Crippen LogP contribution in [-0.4, -0.2) is 103 Å². The molecule has 0 aromatic heterocycles. The molecule has 0 unspecified atom stereocenters. The highest BCUT2D eigenvalue weighted by atomic mass is 32.2. The molecular formula is C39H53F3N4O7S. The maximum Gasteiger partial charge on any atom is 0.573 e. The third kappa shape index (κ3) is 12.8. The number of hydrogen-bond acceptors (Lipinski definition) is 8. The number of unbranched alkanes of at least 4 members (excludes halogenated alkanes) is 4. The number of ether oxygens (including phenoxy) is 1. The number of rotatable bonds is 15. The van der Waals surface area contributed by atoms with Crippen molar-refractivity contribution < 1.29 is 45.9 Å². The number of nitrogens with zero attached hydrogens (tertiary/aromatic N) is 4. The average Bonchev–Trinajstić information content (AvgIpc) is 3.56. The lowest BCUT2D eigenvalue weighted by atomic mass is 9.87. The Labute approximate surface area is 316 Å². The Hall–Kier alpha value is -3.95. The molecule has 3 heterocycles. The van der Waals surface area contributed by atoms with Crippen LogP contribution < -0.4 is 4.74 Å². The van der Waals surface area contributed by atoms with Gasteiger partial charge in [-0.1, -0.05) is 74.2 Å². The molecule has 2 aromatic carbocycles. The standard InChI is InChI=1S/C28H33F3N4O5S.C11H20O2/c29-28(30,31)39-23-8-10-24(11-9-23)41(37,38)35-15-12-27(13-16-35)21-25(32-40-27)26(36)34-19-17-33(18-20-34)14-4-7-22-5-2-1-3-6-22;1-3-5-6-7-8-9-10(4-2)11(12)13/h1-3,5-6,8-11H,4,7,12-21H2;4H,3,5-9H2,1-2H3,(H,12,13). The lowest BCUT2D eigenvalue weighted by Gasteiger charge is -2.37. The number of alkyl halides is 3. The van der Waals surface area contributed by atoms with E-state index >= 15 is 0 Å². The number of piperidine rings is 1. The molecule has 0 saturated carbocycles. The number of carboxylic acid groups (broad SMARTS) is 1. The fourth-order valence-electron chi connectivity index (χ4n) is 6.80. The first kappa shape index (κ1) is 42.8. The van der Waals surface area contributed by atoms with Crippen molar-refractivity contribution in [2.24, 2.45) is 5.16 Å². The number of aliphatic carboxylic acids is 1. The van der Waals surface area contributed by atoms with E-state index in [-0.39, 0.29) is 23.9 Å². The third-order valence-corrected chi connectivity index (χ3v) is 11.9. The molecule has 15 heteroatoms. The number of carbonyl (C=O) groups is 2. The molecule has 298 valence electrons. The first-order chi connectivity index (χ1) is 25.7.